The molecule has 0 aromatic heterocycles. The van der Waals surface area contributed by atoms with Crippen molar-refractivity contribution in [1.82, 2.24) is 15.8 Å². The predicted molar refractivity (Wildman–Crippen MR) is 102 cm³/mol. The summed E-state index contributed by atoms with van der Waals surface area (Å²) in [5, 5.41) is 3.55. The molecule has 0 radical (unpaired) electrons. The number of methoxy groups -OCH3 is 1. The van der Waals surface area contributed by atoms with Crippen molar-refractivity contribution in [2.75, 3.05) is 13.7 Å². The molecule has 2 fully saturated rings. The Hall–Kier alpha value is -3.03. The molecular weight excluding hydrogens is 362 g/mol. The van der Waals surface area contributed by atoms with Crippen LogP contribution in [-0.2, 0) is 4.79 Å². The fourth-order valence-electron chi connectivity index (χ4n) is 3.56. The van der Waals surface area contributed by atoms with Crippen LogP contribution in [0.15, 0.2) is 30.9 Å². The van der Waals surface area contributed by atoms with Crippen LogP contribution in [0.5, 0.6) is 11.5 Å². The number of imide groups is 1. The molecule has 2 N–H and O–H groups in total. The average molecular weight is 387 g/mol. The van der Waals surface area contributed by atoms with Gasteiger partial charge in [0, 0.05) is 5.56 Å². The molecule has 1 spiro atoms. The highest BCUT2D eigenvalue weighted by atomic mass is 16.5. The molecule has 1 heterocycles. The van der Waals surface area contributed by atoms with E-state index >= 15 is 0 Å². The van der Waals surface area contributed by atoms with Crippen LogP contribution < -0.4 is 20.2 Å². The van der Waals surface area contributed by atoms with Gasteiger partial charge in [0.15, 0.2) is 11.5 Å². The number of amides is 4. The van der Waals surface area contributed by atoms with Crippen molar-refractivity contribution in [2.45, 2.75) is 38.1 Å². The van der Waals surface area contributed by atoms with Crippen LogP contribution in [0.2, 0.25) is 0 Å². The van der Waals surface area contributed by atoms with Gasteiger partial charge in [0.2, 0.25) is 0 Å². The van der Waals surface area contributed by atoms with E-state index in [1.165, 1.54) is 19.2 Å². The molecule has 0 unspecified atom stereocenters. The molecule has 2 aliphatic rings. The molecule has 1 aliphatic heterocycles. The molecule has 8 heteroatoms. The standard InChI is InChI=1S/C20H25N3O5/c1-4-11-28-15-6-5-14(12-16(15)27-3)17(24)22-23-18(25)20(21-19(23)26)9-7-13(2)8-10-20/h4-6,12-13H,1,7-11H2,2-3H3,(H,21,26)(H,22,24). The largest absolute Gasteiger partial charge is 0.493 e. The minimum absolute atomic E-state index is 0.238. The van der Waals surface area contributed by atoms with Crippen molar-refractivity contribution in [3.8, 4) is 11.5 Å². The number of rotatable bonds is 6. The maximum absolute atomic E-state index is 12.8. The first-order valence-corrected chi connectivity index (χ1v) is 9.29. The van der Waals surface area contributed by atoms with E-state index < -0.39 is 23.4 Å². The Morgan fingerprint density at radius 1 is 1.36 bits per heavy atom. The smallest absolute Gasteiger partial charge is 0.344 e. The summed E-state index contributed by atoms with van der Waals surface area (Å²) in [5.74, 6) is 0.357. The lowest BCUT2D eigenvalue weighted by Gasteiger charge is -2.33. The number of nitrogens with one attached hydrogen (secondary N) is 2. The molecule has 8 nitrogen and oxygen atoms in total. The molecule has 3 rings (SSSR count). The Morgan fingerprint density at radius 2 is 2.07 bits per heavy atom. The lowest BCUT2D eigenvalue weighted by atomic mass is 9.77. The van der Waals surface area contributed by atoms with Crippen molar-refractivity contribution in [1.29, 1.82) is 0 Å². The van der Waals surface area contributed by atoms with E-state index in [1.54, 1.807) is 12.1 Å². The quantitative estimate of drug-likeness (QED) is 0.577. The fourth-order valence-corrected chi connectivity index (χ4v) is 3.56. The van der Waals surface area contributed by atoms with E-state index in [-0.39, 0.29) is 5.56 Å². The number of hydrogen-bond acceptors (Lipinski definition) is 5. The van der Waals surface area contributed by atoms with Gasteiger partial charge in [0.05, 0.1) is 7.11 Å². The normalized spacial score (nSPS) is 24.1. The third-order valence-electron chi connectivity index (χ3n) is 5.29. The molecule has 1 saturated heterocycles. The lowest BCUT2D eigenvalue weighted by Crippen LogP contribution is -2.51. The number of ether oxygens (including phenoxy) is 2. The Kier molecular flexibility index (Phi) is 5.58. The summed E-state index contributed by atoms with van der Waals surface area (Å²) in [6.45, 7) is 6.01. The number of nitrogens with zero attached hydrogens (tertiary/aromatic N) is 1. The van der Waals surface area contributed by atoms with Crippen molar-refractivity contribution < 1.29 is 23.9 Å². The number of urea groups is 1. The van der Waals surface area contributed by atoms with Gasteiger partial charge in [-0.1, -0.05) is 19.6 Å². The summed E-state index contributed by atoms with van der Waals surface area (Å²) >= 11 is 0. The summed E-state index contributed by atoms with van der Waals surface area (Å²) in [6.07, 6.45) is 4.47. The summed E-state index contributed by atoms with van der Waals surface area (Å²) < 4.78 is 10.7. The van der Waals surface area contributed by atoms with Gasteiger partial charge in [-0.2, -0.15) is 5.01 Å². The third-order valence-corrected chi connectivity index (χ3v) is 5.29. The maximum Gasteiger partial charge on any atom is 0.344 e. The molecule has 1 aliphatic carbocycles. The number of benzene rings is 1. The molecule has 0 atom stereocenters. The van der Waals surface area contributed by atoms with Gasteiger partial charge >= 0.3 is 6.03 Å². The third kappa shape index (κ3) is 3.67. The van der Waals surface area contributed by atoms with Crippen molar-refractivity contribution in [2.24, 2.45) is 5.92 Å². The summed E-state index contributed by atoms with van der Waals surface area (Å²) in [4.78, 5) is 37.8. The Morgan fingerprint density at radius 3 is 2.71 bits per heavy atom. The fraction of sp³-hybridized carbons (Fsp3) is 0.450. The van der Waals surface area contributed by atoms with E-state index in [1.807, 2.05) is 0 Å². The maximum atomic E-state index is 12.8. The van der Waals surface area contributed by atoms with Crippen LogP contribution in [0.1, 0.15) is 43.0 Å². The molecule has 1 saturated carbocycles. The first-order valence-electron chi connectivity index (χ1n) is 9.29. The van der Waals surface area contributed by atoms with E-state index in [4.69, 9.17) is 9.47 Å². The first-order chi connectivity index (χ1) is 13.4. The SMILES string of the molecule is C=CCOc1ccc(C(=O)NN2C(=O)NC3(CCC(C)CC3)C2=O)cc1OC. The highest BCUT2D eigenvalue weighted by Crippen LogP contribution is 2.36. The second-order valence-electron chi connectivity index (χ2n) is 7.24. The zero-order chi connectivity index (χ0) is 20.3. The Labute approximate surface area is 163 Å². The molecule has 150 valence electrons. The minimum Gasteiger partial charge on any atom is -0.493 e. The molecule has 1 aromatic rings. The number of hydrazine groups is 1. The van der Waals surface area contributed by atoms with E-state index in [0.717, 1.165) is 17.9 Å². The van der Waals surface area contributed by atoms with Crippen LogP contribution in [0.3, 0.4) is 0 Å². The van der Waals surface area contributed by atoms with Gasteiger partial charge in [-0.3, -0.25) is 15.0 Å². The van der Waals surface area contributed by atoms with Gasteiger partial charge in [-0.05, 0) is 49.8 Å². The molecule has 1 aromatic carbocycles. The van der Waals surface area contributed by atoms with Crippen LogP contribution in [0, 0.1) is 5.92 Å². The van der Waals surface area contributed by atoms with E-state index in [0.29, 0.717) is 36.9 Å². The predicted octanol–water partition coefficient (Wildman–Crippen LogP) is 2.41. The Bertz CT molecular complexity index is 799. The van der Waals surface area contributed by atoms with E-state index in [2.05, 4.69) is 24.2 Å². The molecular formula is C20H25N3O5. The molecule has 0 bridgehead atoms. The zero-order valence-electron chi connectivity index (χ0n) is 16.1. The summed E-state index contributed by atoms with van der Waals surface area (Å²) in [7, 11) is 1.46. The lowest BCUT2D eigenvalue weighted by molar-refractivity contribution is -0.134. The van der Waals surface area contributed by atoms with Crippen LogP contribution >= 0.6 is 0 Å². The second-order valence-corrected chi connectivity index (χ2v) is 7.24. The number of carbonyl (C=O) groups is 3. The van der Waals surface area contributed by atoms with Crippen LogP contribution in [-0.4, -0.2) is 42.1 Å². The molecule has 4 amide bonds. The monoisotopic (exact) mass is 387 g/mol. The first kappa shape index (κ1) is 19.7. The van der Waals surface area contributed by atoms with E-state index in [9.17, 15) is 14.4 Å². The average Bonchev–Trinajstić information content (AvgIpc) is 2.92. The zero-order valence-corrected chi connectivity index (χ0v) is 16.1. The highest BCUT2D eigenvalue weighted by Gasteiger charge is 2.52. The molecule has 28 heavy (non-hydrogen) atoms. The van der Waals surface area contributed by atoms with Crippen LogP contribution in [0.4, 0.5) is 4.79 Å². The van der Waals surface area contributed by atoms with Gasteiger partial charge in [0.1, 0.15) is 12.1 Å². The van der Waals surface area contributed by atoms with Gasteiger partial charge in [0.25, 0.3) is 11.8 Å². The van der Waals surface area contributed by atoms with Crippen molar-refractivity contribution >= 4 is 17.8 Å². The van der Waals surface area contributed by atoms with Gasteiger partial charge in [-0.15, -0.1) is 0 Å². The minimum atomic E-state index is -0.906. The number of hydrogen-bond donors (Lipinski definition) is 2. The Balaban J connectivity index is 1.73. The highest BCUT2D eigenvalue weighted by molar-refractivity contribution is 6.09. The van der Waals surface area contributed by atoms with Gasteiger partial charge in [-0.25, -0.2) is 4.79 Å². The van der Waals surface area contributed by atoms with Crippen molar-refractivity contribution in [3.05, 3.63) is 36.4 Å². The van der Waals surface area contributed by atoms with Gasteiger partial charge < -0.3 is 14.8 Å². The topological polar surface area (TPSA) is 97.0 Å². The number of carbonyl (C=O) groups excluding carboxylic acids is 3. The second kappa shape index (κ2) is 7.92. The van der Waals surface area contributed by atoms with Crippen LogP contribution in [0.25, 0.3) is 0 Å². The van der Waals surface area contributed by atoms with Crippen molar-refractivity contribution in [3.63, 3.8) is 0 Å². The summed E-state index contributed by atoms with van der Waals surface area (Å²) in [6, 6.07) is 4.01. The summed E-state index contributed by atoms with van der Waals surface area (Å²) in [5.41, 5.74) is 1.74.